The van der Waals surface area contributed by atoms with Gasteiger partial charge in [-0.25, -0.2) is 9.78 Å². The maximum Gasteiger partial charge on any atom is 0.336 e. The molecule has 0 atom stereocenters. The van der Waals surface area contributed by atoms with E-state index in [1.165, 1.54) is 0 Å². The van der Waals surface area contributed by atoms with Crippen LogP contribution in [0.2, 0.25) is 0 Å². The van der Waals surface area contributed by atoms with E-state index in [0.29, 0.717) is 11.3 Å². The Kier molecular flexibility index (Phi) is 3.75. The molecule has 1 aromatic carbocycles. The molecule has 1 fully saturated rings. The smallest absolute Gasteiger partial charge is 0.336 e. The van der Waals surface area contributed by atoms with Crippen molar-refractivity contribution < 1.29 is 14.6 Å². The molecule has 1 N–H and O–H groups in total. The molecule has 5 nitrogen and oxygen atoms in total. The number of hydrogen-bond donors (Lipinski definition) is 1. The number of piperidine rings is 1. The lowest BCUT2D eigenvalue weighted by Gasteiger charge is -2.29. The van der Waals surface area contributed by atoms with Gasteiger partial charge in [-0.05, 0) is 38.1 Å². The van der Waals surface area contributed by atoms with Gasteiger partial charge in [0.15, 0.2) is 0 Å². The molecule has 0 unspecified atom stereocenters. The fraction of sp³-hybridized carbons (Fsp3) is 0.375. The first-order chi connectivity index (χ1) is 10.1. The highest BCUT2D eigenvalue weighted by molar-refractivity contribution is 6.04. The summed E-state index contributed by atoms with van der Waals surface area (Å²) in [6.45, 7) is 2.02. The van der Waals surface area contributed by atoms with Gasteiger partial charge in [-0.2, -0.15) is 0 Å². The number of fused-ring (bicyclic) bond motifs is 1. The zero-order valence-electron chi connectivity index (χ0n) is 12.0. The van der Waals surface area contributed by atoms with Crippen LogP contribution in [-0.2, 0) is 0 Å². The van der Waals surface area contributed by atoms with E-state index < -0.39 is 5.97 Å². The molecule has 0 saturated carbocycles. The standard InChI is InChI=1S/C16H18N2O3/c1-18-9-6-11(7-10-18)21-15-13-3-2-4-14(16(19)20)12(13)5-8-17-15/h2-5,8,11H,6-7,9-10H2,1H3,(H,19,20). The lowest BCUT2D eigenvalue weighted by Crippen LogP contribution is -2.35. The first kappa shape index (κ1) is 13.8. The van der Waals surface area contributed by atoms with E-state index in [0.717, 1.165) is 31.3 Å². The third-order valence-corrected chi connectivity index (χ3v) is 3.94. The van der Waals surface area contributed by atoms with E-state index in [1.54, 1.807) is 24.4 Å². The number of aromatic carboxylic acids is 1. The summed E-state index contributed by atoms with van der Waals surface area (Å²) in [7, 11) is 2.10. The number of carboxylic acid groups (broad SMARTS) is 1. The van der Waals surface area contributed by atoms with E-state index >= 15 is 0 Å². The van der Waals surface area contributed by atoms with Crippen LogP contribution < -0.4 is 4.74 Å². The summed E-state index contributed by atoms with van der Waals surface area (Å²) in [5, 5.41) is 10.7. The molecule has 1 saturated heterocycles. The van der Waals surface area contributed by atoms with Gasteiger partial charge in [-0.15, -0.1) is 0 Å². The number of likely N-dealkylation sites (tertiary alicyclic amines) is 1. The third kappa shape index (κ3) is 2.83. The van der Waals surface area contributed by atoms with Gasteiger partial charge in [0.1, 0.15) is 6.10 Å². The predicted molar refractivity (Wildman–Crippen MR) is 79.8 cm³/mol. The number of nitrogens with zero attached hydrogens (tertiary/aromatic N) is 2. The lowest BCUT2D eigenvalue weighted by atomic mass is 10.1. The molecule has 2 heterocycles. The van der Waals surface area contributed by atoms with Crippen molar-refractivity contribution in [2.45, 2.75) is 18.9 Å². The van der Waals surface area contributed by atoms with Gasteiger partial charge in [-0.1, -0.05) is 6.07 Å². The molecule has 0 spiro atoms. The van der Waals surface area contributed by atoms with Crippen LogP contribution in [0.3, 0.4) is 0 Å². The number of carbonyl (C=O) groups is 1. The fourth-order valence-corrected chi connectivity index (χ4v) is 2.72. The van der Waals surface area contributed by atoms with Crippen molar-refractivity contribution in [1.29, 1.82) is 0 Å². The van der Waals surface area contributed by atoms with Gasteiger partial charge >= 0.3 is 5.97 Å². The second-order valence-electron chi connectivity index (χ2n) is 5.44. The van der Waals surface area contributed by atoms with Crippen molar-refractivity contribution in [2.75, 3.05) is 20.1 Å². The molecule has 1 aliphatic heterocycles. The maximum absolute atomic E-state index is 11.3. The number of hydrogen-bond acceptors (Lipinski definition) is 4. The monoisotopic (exact) mass is 286 g/mol. The number of benzene rings is 1. The Morgan fingerprint density at radius 1 is 1.29 bits per heavy atom. The van der Waals surface area contributed by atoms with Crippen LogP contribution in [0.1, 0.15) is 23.2 Å². The third-order valence-electron chi connectivity index (χ3n) is 3.94. The molecule has 0 bridgehead atoms. The van der Waals surface area contributed by atoms with E-state index in [9.17, 15) is 9.90 Å². The number of carboxylic acids is 1. The molecular formula is C16H18N2O3. The molecule has 0 radical (unpaired) electrons. The summed E-state index contributed by atoms with van der Waals surface area (Å²) in [6.07, 6.45) is 3.69. The fourth-order valence-electron chi connectivity index (χ4n) is 2.72. The number of aromatic nitrogens is 1. The second kappa shape index (κ2) is 5.69. The normalized spacial score (nSPS) is 17.0. The summed E-state index contributed by atoms with van der Waals surface area (Å²) < 4.78 is 6.02. The topological polar surface area (TPSA) is 62.7 Å². The summed E-state index contributed by atoms with van der Waals surface area (Å²) in [6, 6.07) is 6.92. The Hall–Kier alpha value is -2.14. The van der Waals surface area contributed by atoms with Crippen molar-refractivity contribution in [3.8, 4) is 5.88 Å². The molecular weight excluding hydrogens is 268 g/mol. The maximum atomic E-state index is 11.3. The van der Waals surface area contributed by atoms with Crippen molar-refractivity contribution in [1.82, 2.24) is 9.88 Å². The SMILES string of the molecule is CN1CCC(Oc2nccc3c(C(=O)O)cccc23)CC1. The van der Waals surface area contributed by atoms with Gasteiger partial charge in [-0.3, -0.25) is 0 Å². The van der Waals surface area contributed by atoms with Crippen LogP contribution in [0.25, 0.3) is 10.8 Å². The van der Waals surface area contributed by atoms with E-state index in [2.05, 4.69) is 16.9 Å². The first-order valence-corrected chi connectivity index (χ1v) is 7.11. The van der Waals surface area contributed by atoms with Gasteiger partial charge < -0.3 is 14.7 Å². The quantitative estimate of drug-likeness (QED) is 0.938. The number of ether oxygens (including phenoxy) is 1. The molecule has 21 heavy (non-hydrogen) atoms. The van der Waals surface area contributed by atoms with Gasteiger partial charge in [0.25, 0.3) is 0 Å². The van der Waals surface area contributed by atoms with Crippen LogP contribution in [0.4, 0.5) is 0 Å². The second-order valence-corrected chi connectivity index (χ2v) is 5.44. The molecule has 110 valence electrons. The van der Waals surface area contributed by atoms with Crippen LogP contribution in [0.15, 0.2) is 30.5 Å². The Bertz CT molecular complexity index is 664. The van der Waals surface area contributed by atoms with Crippen molar-refractivity contribution in [3.63, 3.8) is 0 Å². The Labute approximate surface area is 123 Å². The highest BCUT2D eigenvalue weighted by atomic mass is 16.5. The minimum atomic E-state index is -0.933. The summed E-state index contributed by atoms with van der Waals surface area (Å²) >= 11 is 0. The minimum Gasteiger partial charge on any atom is -0.478 e. The molecule has 0 aliphatic carbocycles. The highest BCUT2D eigenvalue weighted by Gasteiger charge is 2.20. The van der Waals surface area contributed by atoms with E-state index in [1.807, 2.05) is 6.07 Å². The Morgan fingerprint density at radius 2 is 2.05 bits per heavy atom. The molecule has 2 aromatic rings. The summed E-state index contributed by atoms with van der Waals surface area (Å²) in [4.78, 5) is 17.9. The van der Waals surface area contributed by atoms with E-state index in [-0.39, 0.29) is 11.7 Å². The Morgan fingerprint density at radius 3 is 2.76 bits per heavy atom. The Balaban J connectivity index is 1.92. The summed E-state index contributed by atoms with van der Waals surface area (Å²) in [5.74, 6) is -0.401. The zero-order chi connectivity index (χ0) is 14.8. The molecule has 0 amide bonds. The molecule has 1 aromatic heterocycles. The lowest BCUT2D eigenvalue weighted by molar-refractivity contribution is 0.0699. The number of rotatable bonds is 3. The summed E-state index contributed by atoms with van der Waals surface area (Å²) in [5.41, 5.74) is 0.281. The first-order valence-electron chi connectivity index (χ1n) is 7.11. The minimum absolute atomic E-state index is 0.146. The number of pyridine rings is 1. The van der Waals surface area contributed by atoms with Crippen LogP contribution in [0, 0.1) is 0 Å². The van der Waals surface area contributed by atoms with Gasteiger partial charge in [0.2, 0.25) is 5.88 Å². The van der Waals surface area contributed by atoms with Crippen LogP contribution in [0.5, 0.6) is 5.88 Å². The van der Waals surface area contributed by atoms with Gasteiger partial charge in [0, 0.05) is 30.1 Å². The van der Waals surface area contributed by atoms with Crippen LogP contribution >= 0.6 is 0 Å². The largest absolute Gasteiger partial charge is 0.478 e. The van der Waals surface area contributed by atoms with Crippen molar-refractivity contribution >= 4 is 16.7 Å². The van der Waals surface area contributed by atoms with Crippen molar-refractivity contribution in [2.24, 2.45) is 0 Å². The molecule has 3 rings (SSSR count). The van der Waals surface area contributed by atoms with E-state index in [4.69, 9.17) is 4.74 Å². The molecule has 5 heteroatoms. The van der Waals surface area contributed by atoms with Crippen molar-refractivity contribution in [3.05, 3.63) is 36.0 Å². The average Bonchev–Trinajstić information content (AvgIpc) is 2.49. The highest BCUT2D eigenvalue weighted by Crippen LogP contribution is 2.28. The van der Waals surface area contributed by atoms with Gasteiger partial charge in [0.05, 0.1) is 5.56 Å². The molecule has 1 aliphatic rings. The zero-order valence-corrected chi connectivity index (χ0v) is 12.0. The van der Waals surface area contributed by atoms with Crippen LogP contribution in [-0.4, -0.2) is 47.2 Å². The predicted octanol–water partition coefficient (Wildman–Crippen LogP) is 2.41. The average molecular weight is 286 g/mol.